The first kappa shape index (κ1) is 11.2. The number of rotatable bonds is 3. The van der Waals surface area contributed by atoms with Gasteiger partial charge < -0.3 is 5.73 Å². The molecule has 0 aliphatic rings. The van der Waals surface area contributed by atoms with Gasteiger partial charge in [0.05, 0.1) is 10.7 Å². The Morgan fingerprint density at radius 2 is 2.19 bits per heavy atom. The van der Waals surface area contributed by atoms with Gasteiger partial charge in [0.25, 0.3) is 0 Å². The number of pyridine rings is 1. The highest BCUT2D eigenvalue weighted by atomic mass is 32.1. The molecule has 0 bridgehead atoms. The van der Waals surface area contributed by atoms with Crippen LogP contribution in [0, 0.1) is 0 Å². The Morgan fingerprint density at radius 1 is 1.38 bits per heavy atom. The van der Waals surface area contributed by atoms with E-state index in [0.29, 0.717) is 4.99 Å². The fourth-order valence-electron chi connectivity index (χ4n) is 1.47. The maximum atomic E-state index is 5.85. The van der Waals surface area contributed by atoms with Crippen molar-refractivity contribution in [3.05, 3.63) is 46.7 Å². The van der Waals surface area contributed by atoms with E-state index in [1.165, 1.54) is 11.3 Å². The number of thiocarbonyl (C=S) groups is 1. The van der Waals surface area contributed by atoms with Crippen LogP contribution in [0.25, 0.3) is 0 Å². The Labute approximate surface area is 103 Å². The molecule has 0 aliphatic heterocycles. The van der Waals surface area contributed by atoms with Gasteiger partial charge in [-0.15, -0.1) is 11.3 Å². The molecule has 0 saturated heterocycles. The van der Waals surface area contributed by atoms with Gasteiger partial charge in [0.2, 0.25) is 0 Å². The second-order valence-electron chi connectivity index (χ2n) is 3.54. The molecule has 82 valence electrons. The van der Waals surface area contributed by atoms with Crippen molar-refractivity contribution >= 4 is 28.5 Å². The summed E-state index contributed by atoms with van der Waals surface area (Å²) in [6, 6.07) is 5.71. The van der Waals surface area contributed by atoms with Crippen molar-refractivity contribution in [2.24, 2.45) is 5.73 Å². The molecule has 2 N–H and O–H groups in total. The molecular weight excluding hydrogens is 238 g/mol. The van der Waals surface area contributed by atoms with Crippen LogP contribution in [0.4, 0.5) is 0 Å². The van der Waals surface area contributed by atoms with Crippen molar-refractivity contribution in [1.82, 2.24) is 9.97 Å². The Morgan fingerprint density at radius 3 is 2.69 bits per heavy atom. The highest BCUT2D eigenvalue weighted by Crippen LogP contribution is 2.32. The van der Waals surface area contributed by atoms with Crippen molar-refractivity contribution in [1.29, 1.82) is 0 Å². The average molecular weight is 249 g/mol. The summed E-state index contributed by atoms with van der Waals surface area (Å²) < 4.78 is 0. The second kappa shape index (κ2) is 4.27. The predicted molar refractivity (Wildman–Crippen MR) is 69.6 cm³/mol. The molecule has 2 aromatic rings. The van der Waals surface area contributed by atoms with Crippen LogP contribution in [-0.2, 0) is 5.41 Å². The van der Waals surface area contributed by atoms with Gasteiger partial charge in [-0.25, -0.2) is 4.98 Å². The van der Waals surface area contributed by atoms with E-state index < -0.39 is 5.41 Å². The third kappa shape index (κ3) is 1.72. The van der Waals surface area contributed by atoms with Crippen molar-refractivity contribution in [2.45, 2.75) is 12.3 Å². The number of nitrogens with zero attached hydrogens (tertiary/aromatic N) is 2. The third-order valence-corrected chi connectivity index (χ3v) is 3.93. The van der Waals surface area contributed by atoms with E-state index in [4.69, 9.17) is 18.0 Å². The van der Waals surface area contributed by atoms with Crippen LogP contribution < -0.4 is 5.73 Å². The first-order valence-corrected chi connectivity index (χ1v) is 6.06. The monoisotopic (exact) mass is 249 g/mol. The highest BCUT2D eigenvalue weighted by molar-refractivity contribution is 7.80. The highest BCUT2D eigenvalue weighted by Gasteiger charge is 2.36. The fraction of sp³-hybridized carbons (Fsp3) is 0.182. The molecule has 16 heavy (non-hydrogen) atoms. The van der Waals surface area contributed by atoms with E-state index in [-0.39, 0.29) is 0 Å². The zero-order chi connectivity index (χ0) is 11.6. The third-order valence-electron chi connectivity index (χ3n) is 2.53. The van der Waals surface area contributed by atoms with Crippen molar-refractivity contribution in [3.63, 3.8) is 0 Å². The Bertz CT molecular complexity index is 481. The lowest BCUT2D eigenvalue weighted by Crippen LogP contribution is -2.38. The van der Waals surface area contributed by atoms with E-state index in [9.17, 15) is 0 Å². The molecule has 0 saturated carbocycles. The first-order valence-electron chi connectivity index (χ1n) is 4.77. The van der Waals surface area contributed by atoms with Crippen LogP contribution in [0.3, 0.4) is 0 Å². The van der Waals surface area contributed by atoms with Crippen molar-refractivity contribution in [3.8, 4) is 0 Å². The number of aromatic nitrogens is 2. The lowest BCUT2D eigenvalue weighted by molar-refractivity contribution is 0.734. The summed E-state index contributed by atoms with van der Waals surface area (Å²) in [4.78, 5) is 9.01. The maximum Gasteiger partial charge on any atom is 0.111 e. The number of hydrogen-bond acceptors (Lipinski definition) is 4. The van der Waals surface area contributed by atoms with Gasteiger partial charge in [0, 0.05) is 17.8 Å². The minimum atomic E-state index is -0.579. The summed E-state index contributed by atoms with van der Waals surface area (Å²) in [7, 11) is 0. The van der Waals surface area contributed by atoms with E-state index >= 15 is 0 Å². The lowest BCUT2D eigenvalue weighted by atomic mass is 9.87. The number of thiazole rings is 1. The SMILES string of the molecule is CC(C(N)=S)(c1ccccn1)c1nccs1. The van der Waals surface area contributed by atoms with Crippen LogP contribution in [0.15, 0.2) is 36.0 Å². The normalized spacial score (nSPS) is 14.3. The van der Waals surface area contributed by atoms with Gasteiger partial charge in [0.1, 0.15) is 10.4 Å². The molecule has 2 aromatic heterocycles. The predicted octanol–water partition coefficient (Wildman–Crippen LogP) is 2.13. The minimum Gasteiger partial charge on any atom is -0.392 e. The standard InChI is InChI=1S/C11H11N3S2/c1-11(9(12)15,10-14-6-7-16-10)8-4-2-3-5-13-8/h2-7H,1H3,(H2,12,15). The summed E-state index contributed by atoms with van der Waals surface area (Å²) in [5, 5.41) is 2.79. The first-order chi connectivity index (χ1) is 7.65. The molecule has 0 spiro atoms. The summed E-state index contributed by atoms with van der Waals surface area (Å²) in [6.45, 7) is 1.95. The fourth-order valence-corrected chi connectivity index (χ4v) is 2.56. The summed E-state index contributed by atoms with van der Waals surface area (Å²) >= 11 is 6.70. The molecule has 0 amide bonds. The molecule has 0 fully saturated rings. The zero-order valence-electron chi connectivity index (χ0n) is 8.75. The van der Waals surface area contributed by atoms with Gasteiger partial charge >= 0.3 is 0 Å². The van der Waals surface area contributed by atoms with Crippen LogP contribution in [0.5, 0.6) is 0 Å². The summed E-state index contributed by atoms with van der Waals surface area (Å²) in [5.74, 6) is 0. The van der Waals surface area contributed by atoms with Crippen LogP contribution in [0.1, 0.15) is 17.6 Å². The number of hydrogen-bond donors (Lipinski definition) is 1. The van der Waals surface area contributed by atoms with Gasteiger partial charge in [0.15, 0.2) is 0 Å². The van der Waals surface area contributed by atoms with Crippen LogP contribution in [-0.4, -0.2) is 15.0 Å². The Kier molecular flexibility index (Phi) is 2.98. The van der Waals surface area contributed by atoms with Gasteiger partial charge in [-0.3, -0.25) is 4.98 Å². The van der Waals surface area contributed by atoms with E-state index in [0.717, 1.165) is 10.7 Å². The van der Waals surface area contributed by atoms with Crippen molar-refractivity contribution < 1.29 is 0 Å². The smallest absolute Gasteiger partial charge is 0.111 e. The minimum absolute atomic E-state index is 0.390. The zero-order valence-corrected chi connectivity index (χ0v) is 10.4. The van der Waals surface area contributed by atoms with Gasteiger partial charge in [-0.1, -0.05) is 18.3 Å². The molecule has 0 aliphatic carbocycles. The summed E-state index contributed by atoms with van der Waals surface area (Å²) in [5.41, 5.74) is 6.10. The number of nitrogens with two attached hydrogens (primary N) is 1. The molecule has 0 radical (unpaired) electrons. The molecule has 2 rings (SSSR count). The molecule has 1 atom stereocenters. The summed E-state index contributed by atoms with van der Waals surface area (Å²) in [6.07, 6.45) is 3.49. The van der Waals surface area contributed by atoms with E-state index in [1.54, 1.807) is 12.4 Å². The Hall–Kier alpha value is -1.33. The maximum absolute atomic E-state index is 5.85. The quantitative estimate of drug-likeness (QED) is 0.847. The molecule has 5 heteroatoms. The van der Waals surface area contributed by atoms with Gasteiger partial charge in [-0.2, -0.15) is 0 Å². The molecule has 3 nitrogen and oxygen atoms in total. The van der Waals surface area contributed by atoms with E-state index in [2.05, 4.69) is 9.97 Å². The largest absolute Gasteiger partial charge is 0.392 e. The molecule has 2 heterocycles. The van der Waals surface area contributed by atoms with Crippen LogP contribution >= 0.6 is 23.6 Å². The van der Waals surface area contributed by atoms with E-state index in [1.807, 2.05) is 30.5 Å². The topological polar surface area (TPSA) is 51.8 Å². The van der Waals surface area contributed by atoms with Crippen molar-refractivity contribution in [2.75, 3.05) is 0 Å². The Balaban J connectivity index is 2.58. The molecule has 0 aromatic carbocycles. The molecular formula is C11H11N3S2. The van der Waals surface area contributed by atoms with Gasteiger partial charge in [-0.05, 0) is 19.1 Å². The average Bonchev–Trinajstić information content (AvgIpc) is 2.82. The molecule has 1 unspecified atom stereocenters. The lowest BCUT2D eigenvalue weighted by Gasteiger charge is -2.25. The van der Waals surface area contributed by atoms with Crippen LogP contribution in [0.2, 0.25) is 0 Å². The second-order valence-corrected chi connectivity index (χ2v) is 4.88.